The Kier molecular flexibility index (Phi) is 3.38. The zero-order chi connectivity index (χ0) is 13.8. The molecule has 0 atom stereocenters. The molecule has 0 saturated heterocycles. The lowest BCUT2D eigenvalue weighted by Crippen LogP contribution is -2.01. The second-order valence-corrected chi connectivity index (χ2v) is 4.16. The first-order valence-corrected chi connectivity index (χ1v) is 6.17. The first kappa shape index (κ1) is 12.3. The summed E-state index contributed by atoms with van der Waals surface area (Å²) in [5.41, 5.74) is 7.43. The number of hydrogen-bond donors (Lipinski definition) is 1. The van der Waals surface area contributed by atoms with E-state index in [0.717, 1.165) is 11.3 Å². The van der Waals surface area contributed by atoms with Crippen molar-refractivity contribution in [3.05, 3.63) is 60.2 Å². The Hall–Kier alpha value is -2.73. The van der Waals surface area contributed by atoms with Crippen LogP contribution in [0.1, 0.15) is 5.56 Å². The van der Waals surface area contributed by atoms with Gasteiger partial charge in [0.05, 0.1) is 5.69 Å². The van der Waals surface area contributed by atoms with Gasteiger partial charge in [-0.25, -0.2) is 0 Å². The van der Waals surface area contributed by atoms with Crippen LogP contribution in [0.2, 0.25) is 0 Å². The van der Waals surface area contributed by atoms with Crippen molar-refractivity contribution in [2.75, 3.05) is 0 Å². The quantitative estimate of drug-likeness (QED) is 0.781. The Balaban J connectivity index is 1.90. The number of tetrazole rings is 1. The molecule has 0 aliphatic heterocycles. The maximum absolute atomic E-state index is 5.72. The Morgan fingerprint density at radius 1 is 1.05 bits per heavy atom. The van der Waals surface area contributed by atoms with Crippen LogP contribution in [0.15, 0.2) is 54.6 Å². The van der Waals surface area contributed by atoms with Crippen molar-refractivity contribution in [1.29, 1.82) is 0 Å². The van der Waals surface area contributed by atoms with Crippen LogP contribution in [0.25, 0.3) is 5.69 Å². The molecule has 6 nitrogen and oxygen atoms in total. The van der Waals surface area contributed by atoms with Crippen LogP contribution in [0, 0.1) is 0 Å². The largest absolute Gasteiger partial charge is 0.423 e. The predicted molar refractivity (Wildman–Crippen MR) is 73.6 cm³/mol. The fourth-order valence-corrected chi connectivity index (χ4v) is 1.82. The lowest BCUT2D eigenvalue weighted by Gasteiger charge is -2.06. The van der Waals surface area contributed by atoms with Gasteiger partial charge in [0.2, 0.25) is 0 Å². The van der Waals surface area contributed by atoms with E-state index in [0.29, 0.717) is 18.3 Å². The molecule has 0 saturated carbocycles. The minimum atomic E-state index is 0.311. The number of benzene rings is 2. The second-order valence-electron chi connectivity index (χ2n) is 4.16. The van der Waals surface area contributed by atoms with Gasteiger partial charge in [-0.2, -0.15) is 4.68 Å². The van der Waals surface area contributed by atoms with E-state index in [4.69, 9.17) is 10.5 Å². The molecule has 0 fully saturated rings. The highest BCUT2D eigenvalue weighted by Gasteiger charge is 2.10. The number of ether oxygens (including phenoxy) is 1. The van der Waals surface area contributed by atoms with Gasteiger partial charge in [0.25, 0.3) is 0 Å². The van der Waals surface area contributed by atoms with Crippen molar-refractivity contribution in [1.82, 2.24) is 20.2 Å². The van der Waals surface area contributed by atoms with Crippen molar-refractivity contribution in [2.45, 2.75) is 6.54 Å². The van der Waals surface area contributed by atoms with Crippen LogP contribution in [-0.2, 0) is 6.54 Å². The number of nitrogens with zero attached hydrogens (tertiary/aromatic N) is 4. The van der Waals surface area contributed by atoms with E-state index < -0.39 is 0 Å². The fraction of sp³-hybridized carbons (Fsp3) is 0.0714. The summed E-state index contributed by atoms with van der Waals surface area (Å²) < 4.78 is 7.25. The summed E-state index contributed by atoms with van der Waals surface area (Å²) in [5.74, 6) is 0.653. The third-order valence-corrected chi connectivity index (χ3v) is 2.78. The molecule has 0 spiro atoms. The molecular formula is C14H13N5O. The van der Waals surface area contributed by atoms with E-state index in [2.05, 4.69) is 15.5 Å². The van der Waals surface area contributed by atoms with Gasteiger partial charge in [-0.3, -0.25) is 0 Å². The van der Waals surface area contributed by atoms with Crippen molar-refractivity contribution in [2.24, 2.45) is 5.73 Å². The third kappa shape index (κ3) is 2.50. The SMILES string of the molecule is NCc1cccc(Oc2nnnn2-c2ccccc2)c1. The number of hydrogen-bond acceptors (Lipinski definition) is 5. The molecule has 1 aromatic heterocycles. The third-order valence-electron chi connectivity index (χ3n) is 2.78. The van der Waals surface area contributed by atoms with E-state index >= 15 is 0 Å². The van der Waals surface area contributed by atoms with Gasteiger partial charge in [0, 0.05) is 6.54 Å². The summed E-state index contributed by atoms with van der Waals surface area (Å²) in [4.78, 5) is 0. The molecule has 0 unspecified atom stereocenters. The number of nitrogens with two attached hydrogens (primary N) is 1. The highest BCUT2D eigenvalue weighted by atomic mass is 16.5. The smallest absolute Gasteiger partial charge is 0.345 e. The van der Waals surface area contributed by atoms with Crippen molar-refractivity contribution in [3.63, 3.8) is 0 Å². The highest BCUT2D eigenvalue weighted by molar-refractivity contribution is 5.34. The summed E-state index contributed by atoms with van der Waals surface area (Å²) in [6, 6.07) is 17.4. The van der Waals surface area contributed by atoms with Gasteiger partial charge < -0.3 is 10.5 Å². The average molecular weight is 267 g/mol. The molecule has 6 heteroatoms. The molecular weight excluding hydrogens is 254 g/mol. The van der Waals surface area contributed by atoms with Crippen LogP contribution < -0.4 is 10.5 Å². The standard InChI is InChI=1S/C14H13N5O/c15-10-11-5-4-8-13(9-11)20-14-16-17-18-19(14)12-6-2-1-3-7-12/h1-9H,10,15H2. The van der Waals surface area contributed by atoms with Crippen LogP contribution in [-0.4, -0.2) is 20.2 Å². The molecule has 1 heterocycles. The minimum absolute atomic E-state index is 0.311. The molecule has 0 aliphatic rings. The van der Waals surface area contributed by atoms with Crippen LogP contribution >= 0.6 is 0 Å². The first-order valence-electron chi connectivity index (χ1n) is 6.17. The monoisotopic (exact) mass is 267 g/mol. The Morgan fingerprint density at radius 3 is 2.70 bits per heavy atom. The van der Waals surface area contributed by atoms with Crippen molar-refractivity contribution in [3.8, 4) is 17.4 Å². The average Bonchev–Trinajstić information content (AvgIpc) is 2.96. The Labute approximate surface area is 115 Å². The predicted octanol–water partition coefficient (Wildman–Crippen LogP) is 1.91. The first-order chi connectivity index (χ1) is 9.86. The van der Waals surface area contributed by atoms with Gasteiger partial charge in [0.1, 0.15) is 5.75 Å². The number of aromatic nitrogens is 4. The lowest BCUT2D eigenvalue weighted by molar-refractivity contribution is 0.427. The van der Waals surface area contributed by atoms with Gasteiger partial charge in [-0.05, 0) is 40.3 Å². The van der Waals surface area contributed by atoms with E-state index in [1.165, 1.54) is 4.68 Å². The van der Waals surface area contributed by atoms with Gasteiger partial charge in [0.15, 0.2) is 0 Å². The number of rotatable bonds is 4. The Bertz CT molecular complexity index is 696. The maximum atomic E-state index is 5.72. The topological polar surface area (TPSA) is 78.8 Å². The normalized spacial score (nSPS) is 10.4. The molecule has 2 N–H and O–H groups in total. The van der Waals surface area contributed by atoms with E-state index in [-0.39, 0.29) is 0 Å². The van der Waals surface area contributed by atoms with Crippen LogP contribution in [0.3, 0.4) is 0 Å². The summed E-state index contributed by atoms with van der Waals surface area (Å²) in [6.45, 7) is 0.459. The molecule has 3 rings (SSSR count). The zero-order valence-electron chi connectivity index (χ0n) is 10.7. The Morgan fingerprint density at radius 2 is 1.90 bits per heavy atom. The second kappa shape index (κ2) is 5.50. The fourth-order valence-electron chi connectivity index (χ4n) is 1.82. The molecule has 0 amide bonds. The van der Waals surface area contributed by atoms with Gasteiger partial charge >= 0.3 is 6.01 Å². The number of para-hydroxylation sites is 1. The summed E-state index contributed by atoms with van der Waals surface area (Å²) >= 11 is 0. The maximum Gasteiger partial charge on any atom is 0.345 e. The molecule has 2 aromatic carbocycles. The van der Waals surface area contributed by atoms with Crippen LogP contribution in [0.4, 0.5) is 0 Å². The molecule has 0 bridgehead atoms. The molecule has 100 valence electrons. The van der Waals surface area contributed by atoms with Crippen molar-refractivity contribution < 1.29 is 4.74 Å². The summed E-state index contributed by atoms with van der Waals surface area (Å²) in [6.07, 6.45) is 0. The molecule has 20 heavy (non-hydrogen) atoms. The highest BCUT2D eigenvalue weighted by Crippen LogP contribution is 2.21. The molecule has 0 aliphatic carbocycles. The molecule has 3 aromatic rings. The summed E-state index contributed by atoms with van der Waals surface area (Å²) in [7, 11) is 0. The minimum Gasteiger partial charge on any atom is -0.423 e. The van der Waals surface area contributed by atoms with E-state index in [1.54, 1.807) is 0 Å². The zero-order valence-corrected chi connectivity index (χ0v) is 10.7. The molecule has 0 radical (unpaired) electrons. The summed E-state index contributed by atoms with van der Waals surface area (Å²) in [5, 5.41) is 11.5. The van der Waals surface area contributed by atoms with Crippen LogP contribution in [0.5, 0.6) is 11.8 Å². The lowest BCUT2D eigenvalue weighted by atomic mass is 10.2. The van der Waals surface area contributed by atoms with Gasteiger partial charge in [-0.15, -0.1) is 0 Å². The van der Waals surface area contributed by atoms with Gasteiger partial charge in [-0.1, -0.05) is 35.4 Å². The van der Waals surface area contributed by atoms with E-state index in [9.17, 15) is 0 Å². The van der Waals surface area contributed by atoms with E-state index in [1.807, 2.05) is 54.6 Å². The van der Waals surface area contributed by atoms with Crippen molar-refractivity contribution >= 4 is 0 Å².